The minimum atomic E-state index is -0.692. The van der Waals surface area contributed by atoms with Gasteiger partial charge in [-0.1, -0.05) is 41.0 Å². The van der Waals surface area contributed by atoms with E-state index in [9.17, 15) is 14.4 Å². The van der Waals surface area contributed by atoms with Gasteiger partial charge in [0, 0.05) is 23.9 Å². The summed E-state index contributed by atoms with van der Waals surface area (Å²) in [6.45, 7) is 0. The van der Waals surface area contributed by atoms with E-state index in [2.05, 4.69) is 15.6 Å². The maximum absolute atomic E-state index is 12.0. The van der Waals surface area contributed by atoms with Gasteiger partial charge in [-0.05, 0) is 17.7 Å². The van der Waals surface area contributed by atoms with Crippen LogP contribution in [-0.4, -0.2) is 27.3 Å². The Labute approximate surface area is 161 Å². The smallest absolute Gasteiger partial charge is 0.286 e. The van der Waals surface area contributed by atoms with Crippen LogP contribution in [0.1, 0.15) is 16.9 Å². The van der Waals surface area contributed by atoms with Crippen molar-refractivity contribution >= 4 is 68.5 Å². The molecule has 1 aliphatic rings. The molecule has 2 aromatic rings. The maximum Gasteiger partial charge on any atom is 0.286 e. The summed E-state index contributed by atoms with van der Waals surface area (Å²) < 4.78 is 0. The molecule has 0 saturated carbocycles. The number of halogens is 2. The molecule has 1 aliphatic heterocycles. The Morgan fingerprint density at radius 2 is 2.08 bits per heavy atom. The van der Waals surface area contributed by atoms with Gasteiger partial charge in [-0.3, -0.25) is 19.7 Å². The van der Waals surface area contributed by atoms with E-state index in [1.54, 1.807) is 18.3 Å². The number of imide groups is 1. The number of aromatic nitrogens is 1. The van der Waals surface area contributed by atoms with Crippen LogP contribution in [-0.2, 0) is 16.0 Å². The molecule has 1 aromatic carbocycles. The van der Waals surface area contributed by atoms with Crippen LogP contribution in [0.3, 0.4) is 0 Å². The Kier molecular flexibility index (Phi) is 5.63. The molecule has 2 heterocycles. The van der Waals surface area contributed by atoms with E-state index in [0.29, 0.717) is 21.6 Å². The van der Waals surface area contributed by atoms with Gasteiger partial charge in [0.25, 0.3) is 5.24 Å². The lowest BCUT2D eigenvalue weighted by molar-refractivity contribution is -0.122. The fraction of sp³-hybridized carbons (Fsp3) is 0.200. The summed E-state index contributed by atoms with van der Waals surface area (Å²) in [4.78, 5) is 39.6. The third-order valence-corrected chi connectivity index (χ3v) is 5.93. The van der Waals surface area contributed by atoms with Gasteiger partial charge >= 0.3 is 0 Å². The van der Waals surface area contributed by atoms with E-state index in [1.165, 1.54) is 11.3 Å². The molecule has 1 aromatic heterocycles. The topological polar surface area (TPSA) is 88.2 Å². The quantitative estimate of drug-likeness (QED) is 0.776. The van der Waals surface area contributed by atoms with Crippen molar-refractivity contribution in [3.63, 3.8) is 0 Å². The van der Waals surface area contributed by atoms with Crippen molar-refractivity contribution in [1.29, 1.82) is 0 Å². The molecule has 0 unspecified atom stereocenters. The number of hydrogen-bond acceptors (Lipinski definition) is 6. The molecule has 0 spiro atoms. The summed E-state index contributed by atoms with van der Waals surface area (Å²) >= 11 is 14.0. The third-order valence-electron chi connectivity index (χ3n) is 3.30. The van der Waals surface area contributed by atoms with Crippen LogP contribution in [0, 0.1) is 0 Å². The monoisotopic (exact) mass is 415 g/mol. The second kappa shape index (κ2) is 7.74. The van der Waals surface area contributed by atoms with Gasteiger partial charge in [0.2, 0.25) is 11.8 Å². The Morgan fingerprint density at radius 3 is 2.76 bits per heavy atom. The molecule has 1 atom stereocenters. The number of carbonyl (C=O) groups is 3. The average molecular weight is 416 g/mol. The first-order chi connectivity index (χ1) is 11.9. The van der Waals surface area contributed by atoms with Crippen LogP contribution in [0.5, 0.6) is 0 Å². The first-order valence-corrected chi connectivity index (χ1v) is 9.56. The molecule has 3 amide bonds. The molecule has 10 heteroatoms. The number of amides is 3. The summed E-state index contributed by atoms with van der Waals surface area (Å²) in [6.07, 6.45) is 2.20. The Morgan fingerprint density at radius 1 is 1.28 bits per heavy atom. The standard InChI is InChI=1S/C15H11Cl2N3O3S2/c16-9-2-1-7(4-10(9)17)3-8-6-18-14(24-8)19-12(21)5-11-13(22)20-15(23)25-11/h1-2,4,6,11H,3,5H2,(H,18,19,21)(H,20,22,23)/t11-/m1/s1. The number of benzene rings is 1. The van der Waals surface area contributed by atoms with Gasteiger partial charge in [0.05, 0.1) is 10.0 Å². The largest absolute Gasteiger partial charge is 0.302 e. The second-order valence-corrected chi connectivity index (χ2v) is 8.30. The number of nitrogens with zero attached hydrogens (tertiary/aromatic N) is 1. The zero-order chi connectivity index (χ0) is 18.0. The van der Waals surface area contributed by atoms with Crippen LogP contribution in [0.4, 0.5) is 9.93 Å². The highest BCUT2D eigenvalue weighted by Crippen LogP contribution is 2.27. The first kappa shape index (κ1) is 18.2. The normalized spacial score (nSPS) is 16.8. The summed E-state index contributed by atoms with van der Waals surface area (Å²) in [5.41, 5.74) is 0.980. The minimum absolute atomic E-state index is 0.0794. The lowest BCUT2D eigenvalue weighted by Crippen LogP contribution is -2.27. The van der Waals surface area contributed by atoms with E-state index in [1.807, 2.05) is 6.07 Å². The number of carbonyl (C=O) groups excluding carboxylic acids is 3. The Hall–Kier alpha value is -1.61. The summed E-state index contributed by atoms with van der Waals surface area (Å²) in [6, 6.07) is 5.39. The highest BCUT2D eigenvalue weighted by molar-refractivity contribution is 8.15. The predicted molar refractivity (Wildman–Crippen MR) is 99.5 cm³/mol. The molecule has 0 aliphatic carbocycles. The Bertz CT molecular complexity index is 856. The van der Waals surface area contributed by atoms with Gasteiger partial charge in [0.15, 0.2) is 5.13 Å². The number of thioether (sulfide) groups is 1. The van der Waals surface area contributed by atoms with Crippen molar-refractivity contribution in [2.75, 3.05) is 5.32 Å². The molecule has 130 valence electrons. The second-order valence-electron chi connectivity index (χ2n) is 5.19. The molecule has 0 bridgehead atoms. The number of anilines is 1. The first-order valence-electron chi connectivity index (χ1n) is 7.10. The summed E-state index contributed by atoms with van der Waals surface area (Å²) in [7, 11) is 0. The molecule has 25 heavy (non-hydrogen) atoms. The van der Waals surface area contributed by atoms with Crippen molar-refractivity contribution in [2.45, 2.75) is 18.1 Å². The van der Waals surface area contributed by atoms with E-state index < -0.39 is 16.4 Å². The third kappa shape index (κ3) is 4.72. The molecular weight excluding hydrogens is 405 g/mol. The summed E-state index contributed by atoms with van der Waals surface area (Å²) in [5, 5.41) is 5.09. The highest BCUT2D eigenvalue weighted by Gasteiger charge is 2.33. The SMILES string of the molecule is O=C(C[C@H]1SC(=O)NC1=O)Nc1ncc(Cc2ccc(Cl)c(Cl)c2)s1. The zero-order valence-corrected chi connectivity index (χ0v) is 15.7. The zero-order valence-electron chi connectivity index (χ0n) is 12.5. The van der Waals surface area contributed by atoms with E-state index >= 15 is 0 Å². The van der Waals surface area contributed by atoms with Crippen molar-refractivity contribution < 1.29 is 14.4 Å². The minimum Gasteiger partial charge on any atom is -0.302 e. The van der Waals surface area contributed by atoms with Crippen LogP contribution in [0.2, 0.25) is 10.0 Å². The van der Waals surface area contributed by atoms with Crippen molar-refractivity contribution in [1.82, 2.24) is 10.3 Å². The molecule has 1 saturated heterocycles. The van der Waals surface area contributed by atoms with Gasteiger partial charge in [0.1, 0.15) is 5.25 Å². The molecule has 2 N–H and O–H groups in total. The van der Waals surface area contributed by atoms with Gasteiger partial charge in [-0.25, -0.2) is 4.98 Å². The Balaban J connectivity index is 1.57. The van der Waals surface area contributed by atoms with Gasteiger partial charge in [-0.15, -0.1) is 11.3 Å². The predicted octanol–water partition coefficient (Wildman–Crippen LogP) is 3.72. The summed E-state index contributed by atoms with van der Waals surface area (Å²) in [5.74, 6) is -0.803. The molecule has 1 fully saturated rings. The van der Waals surface area contributed by atoms with Crippen molar-refractivity contribution in [2.24, 2.45) is 0 Å². The van der Waals surface area contributed by atoms with E-state index in [-0.39, 0.29) is 12.3 Å². The molecule has 3 rings (SSSR count). The number of rotatable bonds is 5. The number of thiazole rings is 1. The lowest BCUT2D eigenvalue weighted by atomic mass is 10.1. The average Bonchev–Trinajstić information content (AvgIpc) is 3.09. The lowest BCUT2D eigenvalue weighted by Gasteiger charge is -2.04. The fourth-order valence-electron chi connectivity index (χ4n) is 2.16. The maximum atomic E-state index is 12.0. The van der Waals surface area contributed by atoms with E-state index in [0.717, 1.165) is 22.2 Å². The molecule has 6 nitrogen and oxygen atoms in total. The highest BCUT2D eigenvalue weighted by atomic mass is 35.5. The van der Waals surface area contributed by atoms with Gasteiger partial charge in [-0.2, -0.15) is 0 Å². The number of nitrogens with one attached hydrogen (secondary N) is 2. The fourth-order valence-corrected chi connectivity index (χ4v) is 4.17. The van der Waals surface area contributed by atoms with Crippen LogP contribution in [0.25, 0.3) is 0 Å². The van der Waals surface area contributed by atoms with Crippen LogP contribution < -0.4 is 10.6 Å². The van der Waals surface area contributed by atoms with E-state index in [4.69, 9.17) is 23.2 Å². The van der Waals surface area contributed by atoms with Crippen LogP contribution >= 0.6 is 46.3 Å². The van der Waals surface area contributed by atoms with Crippen molar-refractivity contribution in [3.05, 3.63) is 44.9 Å². The molecule has 0 radical (unpaired) electrons. The van der Waals surface area contributed by atoms with Crippen LogP contribution in [0.15, 0.2) is 24.4 Å². The van der Waals surface area contributed by atoms with Gasteiger partial charge < -0.3 is 5.32 Å². The molecular formula is C15H11Cl2N3O3S2. The number of hydrogen-bond donors (Lipinski definition) is 2. The van der Waals surface area contributed by atoms with Crippen molar-refractivity contribution in [3.8, 4) is 0 Å².